The van der Waals surface area contributed by atoms with Crippen LogP contribution in [0.25, 0.3) is 0 Å². The molecule has 0 unspecified atom stereocenters. The topological polar surface area (TPSA) is 88.8 Å². The predicted octanol–water partition coefficient (Wildman–Crippen LogP) is 4.56. The van der Waals surface area contributed by atoms with Crippen molar-refractivity contribution in [2.24, 2.45) is 11.3 Å². The molecule has 7 nitrogen and oxygen atoms in total. The molecular formula is C27H36N2O5. The number of ether oxygens (including phenoxy) is 1. The molecule has 4 rings (SSSR count). The van der Waals surface area contributed by atoms with Crippen LogP contribution in [0.1, 0.15) is 76.2 Å². The summed E-state index contributed by atoms with van der Waals surface area (Å²) in [7, 11) is 0. The number of rotatable bonds is 9. The van der Waals surface area contributed by atoms with Crippen LogP contribution in [0, 0.1) is 18.3 Å². The molecule has 2 atom stereocenters. The molecule has 0 spiro atoms. The van der Waals surface area contributed by atoms with Crippen LogP contribution in [0.15, 0.2) is 40.0 Å². The van der Waals surface area contributed by atoms with Gasteiger partial charge in [-0.1, -0.05) is 17.7 Å². The predicted molar refractivity (Wildman–Crippen MR) is 127 cm³/mol. The van der Waals surface area contributed by atoms with Gasteiger partial charge in [-0.15, -0.1) is 0 Å². The standard InChI is InChI=1S/C27H36N2O5/c1-3-33-26(32)27-14-7-10-23(27)29(15-13-20-8-5-4-6-9-20)25(31)21(17-27)16-24(30)28-18-22-12-11-19(2)34-22/h8,10-12,21H,3-7,9,13-18H2,1-2H3,(H,28,30)/t21-,27+/m1/s1. The zero-order valence-corrected chi connectivity index (χ0v) is 20.4. The number of piperidine rings is 1. The van der Waals surface area contributed by atoms with Crippen molar-refractivity contribution in [3.8, 4) is 0 Å². The molecule has 1 saturated heterocycles. The lowest BCUT2D eigenvalue weighted by Crippen LogP contribution is -2.52. The number of nitrogens with zero attached hydrogens (tertiary/aromatic N) is 1. The highest BCUT2D eigenvalue weighted by Crippen LogP contribution is 2.51. The number of hydrogen-bond donors (Lipinski definition) is 1. The highest BCUT2D eigenvalue weighted by Gasteiger charge is 2.55. The molecule has 0 radical (unpaired) electrons. The number of fused-ring (bicyclic) bond motifs is 1. The Morgan fingerprint density at radius 1 is 1.24 bits per heavy atom. The van der Waals surface area contributed by atoms with Crippen LogP contribution >= 0.6 is 0 Å². The Morgan fingerprint density at radius 3 is 2.79 bits per heavy atom. The lowest BCUT2D eigenvalue weighted by Gasteiger charge is -2.44. The molecular weight excluding hydrogens is 432 g/mol. The summed E-state index contributed by atoms with van der Waals surface area (Å²) in [5, 5.41) is 2.86. The number of esters is 1. The first-order chi connectivity index (χ1) is 16.4. The molecule has 1 aromatic rings. The molecule has 7 heteroatoms. The highest BCUT2D eigenvalue weighted by atomic mass is 16.5. The third kappa shape index (κ3) is 5.13. The fourth-order valence-electron chi connectivity index (χ4n) is 5.60. The van der Waals surface area contributed by atoms with Crippen molar-refractivity contribution in [2.45, 2.75) is 78.2 Å². The van der Waals surface area contributed by atoms with Crippen LogP contribution in [0.3, 0.4) is 0 Å². The number of nitrogens with one attached hydrogen (secondary N) is 1. The molecule has 34 heavy (non-hydrogen) atoms. The van der Waals surface area contributed by atoms with Crippen molar-refractivity contribution in [3.05, 3.63) is 47.1 Å². The average molecular weight is 469 g/mol. The largest absolute Gasteiger partial charge is 0.465 e. The Morgan fingerprint density at radius 2 is 2.09 bits per heavy atom. The van der Waals surface area contributed by atoms with Crippen LogP contribution in [-0.2, 0) is 25.7 Å². The lowest BCUT2D eigenvalue weighted by atomic mass is 9.71. The van der Waals surface area contributed by atoms with Gasteiger partial charge in [0.15, 0.2) is 0 Å². The van der Waals surface area contributed by atoms with Gasteiger partial charge in [0.2, 0.25) is 11.8 Å². The Hall–Kier alpha value is -2.83. The van der Waals surface area contributed by atoms with E-state index >= 15 is 0 Å². The van der Waals surface area contributed by atoms with Crippen molar-refractivity contribution in [3.63, 3.8) is 0 Å². The number of allylic oxidation sites excluding steroid dienone is 2. The van der Waals surface area contributed by atoms with Crippen LogP contribution < -0.4 is 5.32 Å². The van der Waals surface area contributed by atoms with E-state index < -0.39 is 11.3 Å². The van der Waals surface area contributed by atoms with Gasteiger partial charge in [0.1, 0.15) is 16.9 Å². The first kappa shape index (κ1) is 24.3. The van der Waals surface area contributed by atoms with Gasteiger partial charge in [0.05, 0.1) is 13.2 Å². The summed E-state index contributed by atoms with van der Waals surface area (Å²) in [5.74, 6) is 0.350. The molecule has 0 saturated carbocycles. The van der Waals surface area contributed by atoms with Gasteiger partial charge in [-0.25, -0.2) is 0 Å². The van der Waals surface area contributed by atoms with E-state index in [0.29, 0.717) is 31.8 Å². The lowest BCUT2D eigenvalue weighted by molar-refractivity contribution is -0.160. The molecule has 1 aromatic heterocycles. The molecule has 1 N–H and O–H groups in total. The van der Waals surface area contributed by atoms with Gasteiger partial charge >= 0.3 is 5.97 Å². The van der Waals surface area contributed by atoms with Crippen LogP contribution in [0.5, 0.6) is 0 Å². The maximum absolute atomic E-state index is 13.6. The van der Waals surface area contributed by atoms with E-state index in [1.807, 2.05) is 25.1 Å². The summed E-state index contributed by atoms with van der Waals surface area (Å²) in [6.07, 6.45) is 11.4. The third-order valence-corrected chi connectivity index (χ3v) is 7.30. The minimum Gasteiger partial charge on any atom is -0.465 e. The van der Waals surface area contributed by atoms with Crippen LogP contribution in [0.4, 0.5) is 0 Å². The van der Waals surface area contributed by atoms with E-state index in [9.17, 15) is 14.4 Å². The Labute approximate surface area is 201 Å². The van der Waals surface area contributed by atoms with E-state index in [4.69, 9.17) is 9.15 Å². The van der Waals surface area contributed by atoms with Gasteiger partial charge in [0, 0.05) is 24.6 Å². The summed E-state index contributed by atoms with van der Waals surface area (Å²) < 4.78 is 11.0. The second kappa shape index (κ2) is 10.6. The van der Waals surface area contributed by atoms with Gasteiger partial charge in [-0.2, -0.15) is 0 Å². The van der Waals surface area contributed by atoms with E-state index in [1.165, 1.54) is 18.4 Å². The first-order valence-corrected chi connectivity index (χ1v) is 12.6. The summed E-state index contributed by atoms with van der Waals surface area (Å²) in [6, 6.07) is 3.68. The smallest absolute Gasteiger partial charge is 0.318 e. The summed E-state index contributed by atoms with van der Waals surface area (Å²) in [5.41, 5.74) is 1.33. The number of carbonyl (C=O) groups is 3. The number of carbonyl (C=O) groups excluding carboxylic acids is 3. The molecule has 2 amide bonds. The fraction of sp³-hybridized carbons (Fsp3) is 0.593. The minimum atomic E-state index is -0.839. The van der Waals surface area contributed by atoms with E-state index in [1.54, 1.807) is 11.8 Å². The van der Waals surface area contributed by atoms with E-state index in [2.05, 4.69) is 11.4 Å². The van der Waals surface area contributed by atoms with Crippen molar-refractivity contribution in [2.75, 3.05) is 13.2 Å². The van der Waals surface area contributed by atoms with Gasteiger partial charge < -0.3 is 19.4 Å². The van der Waals surface area contributed by atoms with Crippen LogP contribution in [-0.4, -0.2) is 35.8 Å². The summed E-state index contributed by atoms with van der Waals surface area (Å²) >= 11 is 0. The Kier molecular flexibility index (Phi) is 7.59. The number of hydrogen-bond acceptors (Lipinski definition) is 5. The fourth-order valence-corrected chi connectivity index (χ4v) is 5.60. The molecule has 1 aliphatic heterocycles. The molecule has 2 heterocycles. The minimum absolute atomic E-state index is 0.0478. The molecule has 2 aliphatic carbocycles. The second-order valence-electron chi connectivity index (χ2n) is 9.67. The SMILES string of the molecule is CCOC(=O)[C@]12CCC=C1N(CCC1=CCCCC1)C(=O)[C@H](CC(=O)NCc1ccc(C)o1)C2. The van der Waals surface area contributed by atoms with Crippen LogP contribution in [0.2, 0.25) is 0 Å². The number of furan rings is 1. The van der Waals surface area contributed by atoms with Crippen molar-refractivity contribution in [1.29, 1.82) is 0 Å². The highest BCUT2D eigenvalue weighted by molar-refractivity contribution is 5.92. The maximum atomic E-state index is 13.6. The Bertz CT molecular complexity index is 991. The van der Waals surface area contributed by atoms with Gasteiger partial charge in [0.25, 0.3) is 0 Å². The average Bonchev–Trinajstić information content (AvgIpc) is 3.45. The quantitative estimate of drug-likeness (QED) is 0.424. The van der Waals surface area contributed by atoms with E-state index in [0.717, 1.165) is 37.1 Å². The zero-order valence-electron chi connectivity index (χ0n) is 20.4. The van der Waals surface area contributed by atoms with Gasteiger partial charge in [-0.3, -0.25) is 14.4 Å². The monoisotopic (exact) mass is 468 g/mol. The molecule has 0 aromatic carbocycles. The maximum Gasteiger partial charge on any atom is 0.318 e. The number of likely N-dealkylation sites (tertiary alicyclic amines) is 1. The Balaban J connectivity index is 1.50. The molecule has 184 valence electrons. The normalized spacial score (nSPS) is 24.4. The molecule has 0 bridgehead atoms. The zero-order chi connectivity index (χ0) is 24.1. The summed E-state index contributed by atoms with van der Waals surface area (Å²) in [4.78, 5) is 41.3. The number of amides is 2. The molecule has 3 aliphatic rings. The number of aryl methyl sites for hydroxylation is 1. The summed E-state index contributed by atoms with van der Waals surface area (Å²) in [6.45, 7) is 4.77. The third-order valence-electron chi connectivity index (χ3n) is 7.30. The van der Waals surface area contributed by atoms with Crippen molar-refractivity contribution in [1.82, 2.24) is 10.2 Å². The van der Waals surface area contributed by atoms with E-state index in [-0.39, 0.29) is 30.7 Å². The van der Waals surface area contributed by atoms with Crippen molar-refractivity contribution >= 4 is 17.8 Å². The first-order valence-electron chi connectivity index (χ1n) is 12.6. The van der Waals surface area contributed by atoms with Crippen molar-refractivity contribution < 1.29 is 23.5 Å². The second-order valence-corrected chi connectivity index (χ2v) is 9.67. The van der Waals surface area contributed by atoms with Gasteiger partial charge in [-0.05, 0) is 77.3 Å². The molecule has 1 fully saturated rings.